The average Bonchev–Trinajstić information content (AvgIpc) is 3.15. The third-order valence-corrected chi connectivity index (χ3v) is 4.54. The fourth-order valence-electron chi connectivity index (χ4n) is 3.16. The van der Waals surface area contributed by atoms with E-state index in [9.17, 15) is 9.59 Å². The fourth-order valence-corrected chi connectivity index (χ4v) is 3.16. The van der Waals surface area contributed by atoms with Gasteiger partial charge in [0.15, 0.2) is 0 Å². The molecule has 25 heavy (non-hydrogen) atoms. The van der Waals surface area contributed by atoms with Gasteiger partial charge in [0.1, 0.15) is 0 Å². The topological polar surface area (TPSA) is 64.7 Å². The summed E-state index contributed by atoms with van der Waals surface area (Å²) in [6.45, 7) is 4.04. The van der Waals surface area contributed by atoms with E-state index in [1.807, 2.05) is 23.1 Å². The zero-order valence-corrected chi connectivity index (χ0v) is 15.8. The highest BCUT2D eigenvalue weighted by Crippen LogP contribution is 2.15. The molecule has 1 atom stereocenters. The van der Waals surface area contributed by atoms with Gasteiger partial charge in [0.2, 0.25) is 11.8 Å². The molecule has 6 nitrogen and oxygen atoms in total. The SMILES string of the molecule is Cl.Cl.O=C(NCC(=O)N1CCN(c2ccccc2)CC1)C1CCCN1. The van der Waals surface area contributed by atoms with Crippen molar-refractivity contribution < 1.29 is 9.59 Å². The van der Waals surface area contributed by atoms with Crippen LogP contribution in [0.5, 0.6) is 0 Å². The summed E-state index contributed by atoms with van der Waals surface area (Å²) < 4.78 is 0. The van der Waals surface area contributed by atoms with Crippen molar-refractivity contribution in [3.63, 3.8) is 0 Å². The number of benzene rings is 1. The number of carbonyl (C=O) groups excluding carboxylic acids is 2. The van der Waals surface area contributed by atoms with E-state index >= 15 is 0 Å². The molecule has 2 aliphatic rings. The summed E-state index contributed by atoms with van der Waals surface area (Å²) in [5.41, 5.74) is 1.19. The summed E-state index contributed by atoms with van der Waals surface area (Å²) in [5.74, 6) is -0.0529. The maximum absolute atomic E-state index is 12.2. The molecule has 1 aromatic rings. The van der Waals surface area contributed by atoms with E-state index in [0.29, 0.717) is 13.1 Å². The Morgan fingerprint density at radius 3 is 2.36 bits per heavy atom. The number of carbonyl (C=O) groups is 2. The number of hydrogen-bond acceptors (Lipinski definition) is 4. The van der Waals surface area contributed by atoms with Gasteiger partial charge in [-0.1, -0.05) is 18.2 Å². The molecule has 2 saturated heterocycles. The van der Waals surface area contributed by atoms with Crippen molar-refractivity contribution in [2.45, 2.75) is 18.9 Å². The van der Waals surface area contributed by atoms with Crippen LogP contribution in [-0.2, 0) is 9.59 Å². The first kappa shape index (κ1) is 21.5. The molecule has 1 unspecified atom stereocenters. The minimum Gasteiger partial charge on any atom is -0.368 e. The highest BCUT2D eigenvalue weighted by atomic mass is 35.5. The molecule has 8 heteroatoms. The van der Waals surface area contributed by atoms with Crippen LogP contribution >= 0.6 is 24.8 Å². The Hall–Kier alpha value is -1.50. The van der Waals surface area contributed by atoms with E-state index in [0.717, 1.165) is 32.5 Å². The Morgan fingerprint density at radius 2 is 1.76 bits per heavy atom. The molecule has 1 aromatic carbocycles. The number of hydrogen-bond donors (Lipinski definition) is 2. The molecule has 0 saturated carbocycles. The molecule has 2 fully saturated rings. The first-order valence-electron chi connectivity index (χ1n) is 8.33. The fraction of sp³-hybridized carbons (Fsp3) is 0.529. The highest BCUT2D eigenvalue weighted by molar-refractivity contribution is 5.87. The molecule has 2 N–H and O–H groups in total. The van der Waals surface area contributed by atoms with E-state index in [1.165, 1.54) is 5.69 Å². The zero-order chi connectivity index (χ0) is 16.1. The van der Waals surface area contributed by atoms with Crippen molar-refractivity contribution in [3.8, 4) is 0 Å². The molecule has 0 spiro atoms. The summed E-state index contributed by atoms with van der Waals surface area (Å²) in [6, 6.07) is 10.1. The smallest absolute Gasteiger partial charge is 0.242 e. The first-order valence-corrected chi connectivity index (χ1v) is 8.33. The van der Waals surface area contributed by atoms with Gasteiger partial charge >= 0.3 is 0 Å². The van der Waals surface area contributed by atoms with Crippen LogP contribution in [0.3, 0.4) is 0 Å². The van der Waals surface area contributed by atoms with Gasteiger partial charge in [0.05, 0.1) is 12.6 Å². The average molecular weight is 389 g/mol. The summed E-state index contributed by atoms with van der Waals surface area (Å²) in [7, 11) is 0. The van der Waals surface area contributed by atoms with Crippen LogP contribution in [0, 0.1) is 0 Å². The Balaban J connectivity index is 0.00000156. The van der Waals surface area contributed by atoms with E-state index in [-0.39, 0.29) is 49.2 Å². The second-order valence-corrected chi connectivity index (χ2v) is 6.07. The lowest BCUT2D eigenvalue weighted by Crippen LogP contribution is -2.52. The molecule has 0 aromatic heterocycles. The second kappa shape index (κ2) is 10.5. The predicted octanol–water partition coefficient (Wildman–Crippen LogP) is 1.05. The Kier molecular flexibility index (Phi) is 9.03. The maximum atomic E-state index is 12.2. The summed E-state index contributed by atoms with van der Waals surface area (Å²) in [6.07, 6.45) is 1.88. The second-order valence-electron chi connectivity index (χ2n) is 6.07. The number of anilines is 1. The third-order valence-electron chi connectivity index (χ3n) is 4.54. The van der Waals surface area contributed by atoms with Gasteiger partial charge in [0.25, 0.3) is 0 Å². The Bertz CT molecular complexity index is 545. The van der Waals surface area contributed by atoms with Crippen LogP contribution in [0.15, 0.2) is 30.3 Å². The lowest BCUT2D eigenvalue weighted by atomic mass is 10.2. The first-order chi connectivity index (χ1) is 11.2. The summed E-state index contributed by atoms with van der Waals surface area (Å²) in [5, 5.41) is 5.90. The van der Waals surface area contributed by atoms with Gasteiger partial charge in [-0.2, -0.15) is 0 Å². The van der Waals surface area contributed by atoms with Crippen LogP contribution in [0.25, 0.3) is 0 Å². The standard InChI is InChI=1S/C17H24N4O2.2ClH/c22-16(13-19-17(23)15-7-4-8-18-15)21-11-9-20(10-12-21)14-5-2-1-3-6-14;;/h1-3,5-6,15,18H,4,7-13H2,(H,19,23);2*1H. The number of rotatable bonds is 4. The number of amides is 2. The molecular formula is C17H26Cl2N4O2. The molecule has 2 heterocycles. The minimum atomic E-state index is -0.127. The minimum absolute atomic E-state index is 0. The van der Waals surface area contributed by atoms with Gasteiger partial charge in [-0.3, -0.25) is 9.59 Å². The normalized spacial score (nSPS) is 19.6. The lowest BCUT2D eigenvalue weighted by molar-refractivity contribution is -0.133. The number of nitrogens with zero attached hydrogens (tertiary/aromatic N) is 2. The lowest BCUT2D eigenvalue weighted by Gasteiger charge is -2.36. The number of piperazine rings is 1. The quantitative estimate of drug-likeness (QED) is 0.808. The Morgan fingerprint density at radius 1 is 1.08 bits per heavy atom. The molecule has 0 aliphatic carbocycles. The van der Waals surface area contributed by atoms with Gasteiger partial charge in [-0.25, -0.2) is 0 Å². The van der Waals surface area contributed by atoms with Crippen LogP contribution < -0.4 is 15.5 Å². The number of halogens is 2. The Labute approximate surface area is 161 Å². The third kappa shape index (κ3) is 5.76. The van der Waals surface area contributed by atoms with Crippen LogP contribution in [0.4, 0.5) is 5.69 Å². The molecular weight excluding hydrogens is 363 g/mol. The van der Waals surface area contributed by atoms with E-state index in [4.69, 9.17) is 0 Å². The van der Waals surface area contributed by atoms with Gasteiger partial charge in [0, 0.05) is 31.9 Å². The molecule has 3 rings (SSSR count). The highest BCUT2D eigenvalue weighted by Gasteiger charge is 2.24. The van der Waals surface area contributed by atoms with Crippen molar-refractivity contribution in [1.29, 1.82) is 0 Å². The number of para-hydroxylation sites is 1. The predicted molar refractivity (Wildman–Crippen MR) is 104 cm³/mol. The monoisotopic (exact) mass is 388 g/mol. The molecule has 0 radical (unpaired) electrons. The molecule has 140 valence electrons. The van der Waals surface area contributed by atoms with E-state index < -0.39 is 0 Å². The van der Waals surface area contributed by atoms with Crippen molar-refractivity contribution in [2.24, 2.45) is 0 Å². The van der Waals surface area contributed by atoms with E-state index in [1.54, 1.807) is 0 Å². The van der Waals surface area contributed by atoms with E-state index in [2.05, 4.69) is 27.7 Å². The molecule has 2 amide bonds. The van der Waals surface area contributed by atoms with Crippen LogP contribution in [0.1, 0.15) is 12.8 Å². The number of nitrogens with one attached hydrogen (secondary N) is 2. The van der Waals surface area contributed by atoms with Crippen LogP contribution in [-0.4, -0.2) is 62.0 Å². The van der Waals surface area contributed by atoms with Gasteiger partial charge < -0.3 is 20.4 Å². The van der Waals surface area contributed by atoms with Crippen molar-refractivity contribution in [1.82, 2.24) is 15.5 Å². The van der Waals surface area contributed by atoms with Crippen molar-refractivity contribution in [2.75, 3.05) is 44.2 Å². The summed E-state index contributed by atoms with van der Waals surface area (Å²) >= 11 is 0. The molecule has 2 aliphatic heterocycles. The van der Waals surface area contributed by atoms with Crippen molar-refractivity contribution in [3.05, 3.63) is 30.3 Å². The van der Waals surface area contributed by atoms with Crippen LogP contribution in [0.2, 0.25) is 0 Å². The van der Waals surface area contributed by atoms with Gasteiger partial charge in [-0.15, -0.1) is 24.8 Å². The van der Waals surface area contributed by atoms with Crippen molar-refractivity contribution >= 4 is 42.3 Å². The zero-order valence-electron chi connectivity index (χ0n) is 14.1. The largest absolute Gasteiger partial charge is 0.368 e. The summed E-state index contributed by atoms with van der Waals surface area (Å²) in [4.78, 5) is 28.3. The van der Waals surface area contributed by atoms with Gasteiger partial charge in [-0.05, 0) is 31.5 Å². The maximum Gasteiger partial charge on any atom is 0.242 e. The molecule has 0 bridgehead atoms.